The first-order chi connectivity index (χ1) is 9.99. The number of hydrogen-bond donors (Lipinski definition) is 0. The van der Waals surface area contributed by atoms with Crippen LogP contribution in [0.3, 0.4) is 0 Å². The molecule has 0 saturated heterocycles. The third-order valence-electron chi connectivity index (χ3n) is 2.83. The summed E-state index contributed by atoms with van der Waals surface area (Å²) in [4.78, 5) is 26.0. The molecule has 2 aromatic rings. The Balaban J connectivity index is 1.97. The van der Waals surface area contributed by atoms with Crippen molar-refractivity contribution in [3.05, 3.63) is 55.5 Å². The van der Waals surface area contributed by atoms with Crippen molar-refractivity contribution in [2.45, 2.75) is 13.5 Å². The smallest absolute Gasteiger partial charge is 0.342 e. The number of aromatic nitrogens is 2. The summed E-state index contributed by atoms with van der Waals surface area (Å²) in [5.41, 5.74) is 0.457. The summed E-state index contributed by atoms with van der Waals surface area (Å²) in [6, 6.07) is 7.02. The Labute approximate surface area is 134 Å². The van der Waals surface area contributed by atoms with Gasteiger partial charge in [0, 0.05) is 10.5 Å². The van der Waals surface area contributed by atoms with Crippen LogP contribution in [0.15, 0.2) is 30.5 Å². The van der Waals surface area contributed by atoms with Crippen molar-refractivity contribution >= 4 is 34.4 Å². The number of halogens is 1. The number of carbonyl (C=O) groups is 1. The standard InChI is InChI=1S/C13H12IN3O4/c1-9-15-8-12(17(19)20)16(9)5-6-21-13(18)10-3-2-4-11(14)7-10/h2-4,7-8H,5-6H2,1H3. The Morgan fingerprint density at radius 1 is 1.52 bits per heavy atom. The molecule has 1 aromatic heterocycles. The summed E-state index contributed by atoms with van der Waals surface area (Å²) in [5.74, 6) is -0.0567. The maximum Gasteiger partial charge on any atom is 0.342 e. The first kappa shape index (κ1) is 15.4. The van der Waals surface area contributed by atoms with Gasteiger partial charge in [0.15, 0.2) is 5.82 Å². The van der Waals surface area contributed by atoms with E-state index in [9.17, 15) is 14.9 Å². The van der Waals surface area contributed by atoms with Gasteiger partial charge in [-0.1, -0.05) is 6.07 Å². The van der Waals surface area contributed by atoms with Crippen LogP contribution in [0.1, 0.15) is 16.2 Å². The lowest BCUT2D eigenvalue weighted by Crippen LogP contribution is -2.13. The fourth-order valence-electron chi connectivity index (χ4n) is 1.81. The predicted molar refractivity (Wildman–Crippen MR) is 83.1 cm³/mol. The normalized spacial score (nSPS) is 10.4. The first-order valence-electron chi connectivity index (χ1n) is 6.08. The zero-order chi connectivity index (χ0) is 15.4. The minimum Gasteiger partial charge on any atom is -0.458 e. The highest BCUT2D eigenvalue weighted by Crippen LogP contribution is 2.13. The average molecular weight is 401 g/mol. The molecule has 7 nitrogen and oxygen atoms in total. The van der Waals surface area contributed by atoms with E-state index in [1.165, 1.54) is 10.8 Å². The molecule has 0 N–H and O–H groups in total. The molecule has 1 heterocycles. The molecule has 0 amide bonds. The van der Waals surface area contributed by atoms with E-state index in [2.05, 4.69) is 27.6 Å². The van der Waals surface area contributed by atoms with Gasteiger partial charge in [-0.15, -0.1) is 0 Å². The van der Waals surface area contributed by atoms with Gasteiger partial charge >= 0.3 is 11.8 Å². The number of imidazole rings is 1. The Kier molecular flexibility index (Phi) is 4.89. The molecular weight excluding hydrogens is 389 g/mol. The Bertz CT molecular complexity index is 684. The number of nitrogens with zero attached hydrogens (tertiary/aromatic N) is 3. The molecule has 0 fully saturated rings. The van der Waals surface area contributed by atoms with Crippen molar-refractivity contribution < 1.29 is 14.5 Å². The van der Waals surface area contributed by atoms with Gasteiger partial charge in [0.05, 0.1) is 5.56 Å². The van der Waals surface area contributed by atoms with Crippen molar-refractivity contribution in [1.82, 2.24) is 9.55 Å². The molecule has 0 aliphatic carbocycles. The van der Waals surface area contributed by atoms with Crippen molar-refractivity contribution in [1.29, 1.82) is 0 Å². The number of benzene rings is 1. The Hall–Kier alpha value is -1.97. The van der Waals surface area contributed by atoms with Crippen LogP contribution < -0.4 is 0 Å². The highest BCUT2D eigenvalue weighted by atomic mass is 127. The maximum atomic E-state index is 11.8. The second-order valence-electron chi connectivity index (χ2n) is 4.22. The van der Waals surface area contributed by atoms with Gasteiger partial charge in [-0.05, 0) is 45.7 Å². The molecule has 0 unspecified atom stereocenters. The van der Waals surface area contributed by atoms with E-state index in [1.54, 1.807) is 25.1 Å². The van der Waals surface area contributed by atoms with E-state index in [4.69, 9.17) is 4.74 Å². The fourth-order valence-corrected chi connectivity index (χ4v) is 2.35. The molecule has 0 atom stereocenters. The number of rotatable bonds is 5. The number of esters is 1. The number of nitro groups is 1. The molecule has 1 aromatic carbocycles. The lowest BCUT2D eigenvalue weighted by atomic mass is 10.2. The summed E-state index contributed by atoms with van der Waals surface area (Å²) >= 11 is 2.11. The largest absolute Gasteiger partial charge is 0.458 e. The third kappa shape index (κ3) is 3.78. The monoisotopic (exact) mass is 401 g/mol. The van der Waals surface area contributed by atoms with Crippen molar-refractivity contribution in [3.63, 3.8) is 0 Å². The lowest BCUT2D eigenvalue weighted by Gasteiger charge is -2.05. The zero-order valence-electron chi connectivity index (χ0n) is 11.2. The molecule has 0 spiro atoms. The Morgan fingerprint density at radius 2 is 2.29 bits per heavy atom. The molecule has 0 aliphatic rings. The predicted octanol–water partition coefficient (Wildman–Crippen LogP) is 2.56. The van der Waals surface area contributed by atoms with Crippen LogP contribution in [-0.2, 0) is 11.3 Å². The van der Waals surface area contributed by atoms with Crippen LogP contribution in [0.25, 0.3) is 0 Å². The average Bonchev–Trinajstić information content (AvgIpc) is 2.80. The third-order valence-corrected chi connectivity index (χ3v) is 3.50. The number of carbonyl (C=O) groups excluding carboxylic acids is 1. The summed E-state index contributed by atoms with van der Waals surface area (Å²) < 4.78 is 7.47. The SMILES string of the molecule is Cc1ncc([N+](=O)[O-])n1CCOC(=O)c1cccc(I)c1. The maximum absolute atomic E-state index is 11.8. The van der Waals surface area contributed by atoms with E-state index >= 15 is 0 Å². The van der Waals surface area contributed by atoms with E-state index < -0.39 is 10.9 Å². The highest BCUT2D eigenvalue weighted by molar-refractivity contribution is 14.1. The molecule has 2 rings (SSSR count). The van der Waals surface area contributed by atoms with Crippen LogP contribution >= 0.6 is 22.6 Å². The molecule has 0 bridgehead atoms. The molecule has 0 aliphatic heterocycles. The van der Waals surface area contributed by atoms with Crippen LogP contribution in [0, 0.1) is 20.6 Å². The van der Waals surface area contributed by atoms with Gasteiger partial charge in [0.1, 0.15) is 19.3 Å². The van der Waals surface area contributed by atoms with Gasteiger partial charge in [0.25, 0.3) is 0 Å². The van der Waals surface area contributed by atoms with Crippen LogP contribution in [0.5, 0.6) is 0 Å². The summed E-state index contributed by atoms with van der Waals surface area (Å²) in [5, 5.41) is 10.8. The Morgan fingerprint density at radius 3 is 2.95 bits per heavy atom. The number of aryl methyl sites for hydroxylation is 1. The van der Waals surface area contributed by atoms with Gasteiger partial charge in [-0.25, -0.2) is 14.3 Å². The minimum absolute atomic E-state index is 0.0440. The van der Waals surface area contributed by atoms with Gasteiger partial charge < -0.3 is 14.9 Å². The first-order valence-corrected chi connectivity index (χ1v) is 7.16. The molecule has 0 saturated carbocycles. The fraction of sp³-hybridized carbons (Fsp3) is 0.231. The lowest BCUT2D eigenvalue weighted by molar-refractivity contribution is -0.392. The van der Waals surface area contributed by atoms with E-state index in [0.29, 0.717) is 11.4 Å². The van der Waals surface area contributed by atoms with Crippen LogP contribution in [0.4, 0.5) is 5.82 Å². The molecular formula is C13H12IN3O4. The van der Waals surface area contributed by atoms with E-state index in [-0.39, 0.29) is 19.0 Å². The molecule has 21 heavy (non-hydrogen) atoms. The van der Waals surface area contributed by atoms with Crippen molar-refractivity contribution in [2.75, 3.05) is 6.61 Å². The van der Waals surface area contributed by atoms with Crippen molar-refractivity contribution in [3.8, 4) is 0 Å². The van der Waals surface area contributed by atoms with Crippen LogP contribution in [0.2, 0.25) is 0 Å². The van der Waals surface area contributed by atoms with Gasteiger partial charge in [0.2, 0.25) is 0 Å². The number of ether oxygens (including phenoxy) is 1. The quantitative estimate of drug-likeness (QED) is 0.333. The summed E-state index contributed by atoms with van der Waals surface area (Å²) in [7, 11) is 0. The zero-order valence-corrected chi connectivity index (χ0v) is 13.3. The van der Waals surface area contributed by atoms with E-state index in [0.717, 1.165) is 3.57 Å². The van der Waals surface area contributed by atoms with Crippen LogP contribution in [-0.4, -0.2) is 27.1 Å². The summed E-state index contributed by atoms with van der Waals surface area (Å²) in [6.45, 7) is 1.90. The molecule has 0 radical (unpaired) electrons. The second-order valence-corrected chi connectivity index (χ2v) is 5.46. The number of hydrogen-bond acceptors (Lipinski definition) is 5. The topological polar surface area (TPSA) is 87.3 Å². The molecule has 110 valence electrons. The minimum atomic E-state index is -0.513. The molecule has 8 heteroatoms. The van der Waals surface area contributed by atoms with E-state index in [1.807, 2.05) is 6.07 Å². The van der Waals surface area contributed by atoms with Gasteiger partial charge in [-0.3, -0.25) is 0 Å². The van der Waals surface area contributed by atoms with Gasteiger partial charge in [-0.2, -0.15) is 0 Å². The summed E-state index contributed by atoms with van der Waals surface area (Å²) in [6.07, 6.45) is 1.19. The second kappa shape index (κ2) is 6.66. The van der Waals surface area contributed by atoms with Crippen molar-refractivity contribution in [2.24, 2.45) is 0 Å². The highest BCUT2D eigenvalue weighted by Gasteiger charge is 2.17.